The Hall–Kier alpha value is -2.40. The molecule has 2 rings (SSSR count). The van der Waals surface area contributed by atoms with Crippen molar-refractivity contribution in [3.63, 3.8) is 0 Å². The van der Waals surface area contributed by atoms with E-state index in [9.17, 15) is 9.90 Å². The predicted molar refractivity (Wildman–Crippen MR) is 109 cm³/mol. The summed E-state index contributed by atoms with van der Waals surface area (Å²) in [4.78, 5) is 12.9. The van der Waals surface area contributed by atoms with Gasteiger partial charge in [-0.2, -0.15) is 5.26 Å². The van der Waals surface area contributed by atoms with Crippen molar-refractivity contribution in [2.45, 2.75) is 18.7 Å². The number of carbonyl (C=O) groups is 1. The number of anilines is 1. The van der Waals surface area contributed by atoms with Crippen LogP contribution in [-0.2, 0) is 0 Å². The number of thiocarbonyl (C=S) groups is 1. The number of hydrogen-bond donors (Lipinski definition) is 2. The van der Waals surface area contributed by atoms with Crippen LogP contribution in [0.2, 0.25) is 0 Å². The lowest BCUT2D eigenvalue weighted by Gasteiger charge is -2.17. The maximum absolute atomic E-state index is 11.4. The molecule has 0 fully saturated rings. The number of carboxylic acids is 1. The highest BCUT2D eigenvalue weighted by Crippen LogP contribution is 2.24. The van der Waals surface area contributed by atoms with Gasteiger partial charge in [0.1, 0.15) is 4.99 Å². The second kappa shape index (κ2) is 9.34. The van der Waals surface area contributed by atoms with Crippen molar-refractivity contribution in [2.24, 2.45) is 0 Å². The molecule has 2 aromatic rings. The SMILES string of the molecule is CCN(CC)Sc1cccc(C(=S)Nc2ccc(C#N)cc2C(=O)O)c1. The van der Waals surface area contributed by atoms with Crippen LogP contribution in [0.4, 0.5) is 5.69 Å². The average molecular weight is 386 g/mol. The molecule has 2 N–H and O–H groups in total. The van der Waals surface area contributed by atoms with Crippen molar-refractivity contribution in [1.29, 1.82) is 5.26 Å². The highest BCUT2D eigenvalue weighted by molar-refractivity contribution is 7.97. The molecule has 0 atom stereocenters. The van der Waals surface area contributed by atoms with Crippen LogP contribution in [-0.4, -0.2) is 33.5 Å². The Kier molecular flexibility index (Phi) is 7.16. The van der Waals surface area contributed by atoms with Crippen molar-refractivity contribution in [1.82, 2.24) is 4.31 Å². The summed E-state index contributed by atoms with van der Waals surface area (Å²) >= 11 is 7.10. The van der Waals surface area contributed by atoms with E-state index in [0.717, 1.165) is 23.5 Å². The Balaban J connectivity index is 2.23. The summed E-state index contributed by atoms with van der Waals surface area (Å²) in [6.45, 7) is 6.07. The highest BCUT2D eigenvalue weighted by atomic mass is 32.2. The molecule has 0 radical (unpaired) electrons. The molecular formula is C19H19N3O2S2. The van der Waals surface area contributed by atoms with Gasteiger partial charge in [0.15, 0.2) is 0 Å². The standard InChI is InChI=1S/C19H19N3O2S2/c1-3-22(4-2)26-15-7-5-6-14(11-15)18(25)21-17-9-8-13(12-20)10-16(17)19(23)24/h5-11H,3-4H2,1-2H3,(H,21,25)(H,23,24). The molecular weight excluding hydrogens is 366 g/mol. The maximum Gasteiger partial charge on any atom is 0.337 e. The van der Waals surface area contributed by atoms with E-state index >= 15 is 0 Å². The van der Waals surface area contributed by atoms with Crippen molar-refractivity contribution >= 4 is 40.8 Å². The predicted octanol–water partition coefficient (Wildman–Crippen LogP) is 4.39. The Morgan fingerprint density at radius 1 is 1.27 bits per heavy atom. The summed E-state index contributed by atoms with van der Waals surface area (Å²) < 4.78 is 2.22. The first-order chi connectivity index (χ1) is 12.5. The molecule has 0 aliphatic rings. The van der Waals surface area contributed by atoms with E-state index in [2.05, 4.69) is 23.5 Å². The summed E-state index contributed by atoms with van der Waals surface area (Å²) in [6.07, 6.45) is 0. The number of carboxylic acid groups (broad SMARTS) is 1. The third-order valence-corrected chi connectivity index (χ3v) is 5.24. The molecule has 5 nitrogen and oxygen atoms in total. The number of nitriles is 1. The van der Waals surface area contributed by atoms with Gasteiger partial charge in [-0.15, -0.1) is 0 Å². The van der Waals surface area contributed by atoms with Crippen molar-refractivity contribution in [3.8, 4) is 6.07 Å². The number of aromatic carboxylic acids is 1. The van der Waals surface area contributed by atoms with Crippen LogP contribution >= 0.6 is 24.2 Å². The second-order valence-electron chi connectivity index (χ2n) is 5.36. The van der Waals surface area contributed by atoms with Gasteiger partial charge < -0.3 is 10.4 Å². The van der Waals surface area contributed by atoms with Gasteiger partial charge in [-0.25, -0.2) is 9.10 Å². The Morgan fingerprint density at radius 3 is 2.62 bits per heavy atom. The molecule has 0 amide bonds. The maximum atomic E-state index is 11.4. The van der Waals surface area contributed by atoms with E-state index < -0.39 is 5.97 Å². The van der Waals surface area contributed by atoms with Gasteiger partial charge in [0.05, 0.1) is 22.9 Å². The topological polar surface area (TPSA) is 76.4 Å². The molecule has 26 heavy (non-hydrogen) atoms. The molecule has 0 aromatic heterocycles. The zero-order valence-electron chi connectivity index (χ0n) is 14.5. The average Bonchev–Trinajstić information content (AvgIpc) is 2.66. The van der Waals surface area contributed by atoms with E-state index in [-0.39, 0.29) is 11.1 Å². The van der Waals surface area contributed by atoms with E-state index in [1.54, 1.807) is 24.1 Å². The lowest BCUT2D eigenvalue weighted by molar-refractivity contribution is 0.0698. The number of rotatable bonds is 7. The molecule has 0 saturated carbocycles. The quantitative estimate of drug-likeness (QED) is 0.540. The summed E-state index contributed by atoms with van der Waals surface area (Å²) in [7, 11) is 0. The third kappa shape index (κ3) is 5.05. The number of benzene rings is 2. The summed E-state index contributed by atoms with van der Waals surface area (Å²) in [5.41, 5.74) is 1.47. The zero-order valence-corrected chi connectivity index (χ0v) is 16.2. The van der Waals surface area contributed by atoms with Crippen LogP contribution in [0.25, 0.3) is 0 Å². The molecule has 0 unspecified atom stereocenters. The van der Waals surface area contributed by atoms with Gasteiger partial charge in [0.25, 0.3) is 0 Å². The molecule has 0 saturated heterocycles. The lowest BCUT2D eigenvalue weighted by atomic mass is 10.1. The molecule has 0 spiro atoms. The highest BCUT2D eigenvalue weighted by Gasteiger charge is 2.13. The van der Waals surface area contributed by atoms with Gasteiger partial charge in [-0.1, -0.05) is 38.2 Å². The molecule has 0 aliphatic heterocycles. The van der Waals surface area contributed by atoms with Gasteiger partial charge in [-0.05, 0) is 42.3 Å². The van der Waals surface area contributed by atoms with Crippen molar-refractivity contribution in [3.05, 3.63) is 59.2 Å². The molecule has 7 heteroatoms. The van der Waals surface area contributed by atoms with Crippen LogP contribution in [0.3, 0.4) is 0 Å². The Morgan fingerprint density at radius 2 is 2.00 bits per heavy atom. The fourth-order valence-corrected chi connectivity index (χ4v) is 3.40. The first-order valence-electron chi connectivity index (χ1n) is 8.10. The lowest BCUT2D eigenvalue weighted by Crippen LogP contribution is -2.15. The molecule has 0 bridgehead atoms. The summed E-state index contributed by atoms with van der Waals surface area (Å²) in [5, 5.41) is 21.3. The first kappa shape index (κ1) is 19.9. The molecule has 0 heterocycles. The molecule has 134 valence electrons. The molecule has 0 aliphatic carbocycles. The zero-order chi connectivity index (χ0) is 19.1. The molecule has 2 aromatic carbocycles. The van der Waals surface area contributed by atoms with Crippen LogP contribution in [0.1, 0.15) is 35.3 Å². The summed E-state index contributed by atoms with van der Waals surface area (Å²) in [6, 6.07) is 14.2. The minimum atomic E-state index is -1.11. The fraction of sp³-hybridized carbons (Fsp3) is 0.211. The second-order valence-corrected chi connectivity index (χ2v) is 6.94. The largest absolute Gasteiger partial charge is 0.478 e. The monoisotopic (exact) mass is 385 g/mol. The smallest absolute Gasteiger partial charge is 0.337 e. The number of nitrogens with one attached hydrogen (secondary N) is 1. The van der Waals surface area contributed by atoms with E-state index in [1.165, 1.54) is 6.07 Å². The summed E-state index contributed by atoms with van der Waals surface area (Å²) in [5.74, 6) is -1.11. The normalized spacial score (nSPS) is 10.4. The minimum Gasteiger partial charge on any atom is -0.478 e. The van der Waals surface area contributed by atoms with Gasteiger partial charge in [-0.3, -0.25) is 0 Å². The van der Waals surface area contributed by atoms with Crippen LogP contribution in [0.5, 0.6) is 0 Å². The Bertz CT molecular complexity index is 858. The van der Waals surface area contributed by atoms with E-state index in [1.807, 2.05) is 30.3 Å². The van der Waals surface area contributed by atoms with Crippen LogP contribution in [0.15, 0.2) is 47.4 Å². The van der Waals surface area contributed by atoms with Crippen LogP contribution in [0, 0.1) is 11.3 Å². The van der Waals surface area contributed by atoms with Gasteiger partial charge in [0, 0.05) is 23.5 Å². The minimum absolute atomic E-state index is 0.0140. The van der Waals surface area contributed by atoms with E-state index in [0.29, 0.717) is 10.7 Å². The van der Waals surface area contributed by atoms with Gasteiger partial charge >= 0.3 is 5.97 Å². The van der Waals surface area contributed by atoms with Crippen LogP contribution < -0.4 is 5.32 Å². The number of nitrogens with zero attached hydrogens (tertiary/aromatic N) is 2. The first-order valence-corrected chi connectivity index (χ1v) is 9.28. The number of hydrogen-bond acceptors (Lipinski definition) is 5. The van der Waals surface area contributed by atoms with Gasteiger partial charge in [0.2, 0.25) is 0 Å². The fourth-order valence-electron chi connectivity index (χ4n) is 2.29. The third-order valence-electron chi connectivity index (χ3n) is 3.66. The van der Waals surface area contributed by atoms with E-state index in [4.69, 9.17) is 17.5 Å². The van der Waals surface area contributed by atoms with Crippen molar-refractivity contribution in [2.75, 3.05) is 18.4 Å². The van der Waals surface area contributed by atoms with Crippen molar-refractivity contribution < 1.29 is 9.90 Å². The Labute approximate surface area is 162 Å².